The molecular weight excluding hydrogens is 331 g/mol. The lowest BCUT2D eigenvalue weighted by molar-refractivity contribution is -0.156. The van der Waals surface area contributed by atoms with Crippen molar-refractivity contribution in [3.05, 3.63) is 29.8 Å². The van der Waals surface area contributed by atoms with Crippen molar-refractivity contribution in [2.24, 2.45) is 17.8 Å². The van der Waals surface area contributed by atoms with Crippen molar-refractivity contribution >= 4 is 17.0 Å². The minimum absolute atomic E-state index is 0.0106. The van der Waals surface area contributed by atoms with Crippen molar-refractivity contribution in [1.29, 1.82) is 0 Å². The number of hydrogen-bond donors (Lipinski definition) is 0. The first-order valence-corrected chi connectivity index (χ1v) is 9.73. The molecule has 1 aliphatic carbocycles. The molecule has 0 amide bonds. The number of rotatable bonds is 5. The fourth-order valence-corrected chi connectivity index (χ4v) is 4.18. The number of halogens is 1. The Balaban J connectivity index is 1.78. The highest BCUT2D eigenvalue weighted by Gasteiger charge is 2.33. The lowest BCUT2D eigenvalue weighted by Gasteiger charge is -2.36. The third kappa shape index (κ3) is 3.92. The molecule has 4 nitrogen and oxygen atoms in total. The molecule has 5 heteroatoms. The Bertz CT molecular complexity index is 784. The van der Waals surface area contributed by atoms with Crippen LogP contribution in [-0.4, -0.2) is 21.6 Å². The topological polar surface area (TPSA) is 44.1 Å². The second kappa shape index (κ2) is 7.77. The van der Waals surface area contributed by atoms with Gasteiger partial charge >= 0.3 is 5.97 Å². The van der Waals surface area contributed by atoms with E-state index in [9.17, 15) is 9.18 Å². The Morgan fingerprint density at radius 2 is 2.15 bits per heavy atom. The SMILES string of the molecule is CCc1nc2cc(F)ccc2n1CC(=O)O[C@@H]1C[C@H](C)CC[C@H]1C(C)C. The summed E-state index contributed by atoms with van der Waals surface area (Å²) in [6, 6.07) is 4.50. The normalized spacial score (nSPS) is 23.5. The monoisotopic (exact) mass is 360 g/mol. The zero-order chi connectivity index (χ0) is 18.8. The third-order valence-corrected chi connectivity index (χ3v) is 5.64. The number of benzene rings is 1. The van der Waals surface area contributed by atoms with Gasteiger partial charge in [-0.3, -0.25) is 4.79 Å². The Morgan fingerprint density at radius 1 is 1.38 bits per heavy atom. The Morgan fingerprint density at radius 3 is 2.85 bits per heavy atom. The minimum Gasteiger partial charge on any atom is -0.461 e. The van der Waals surface area contributed by atoms with E-state index in [4.69, 9.17) is 4.74 Å². The van der Waals surface area contributed by atoms with E-state index in [1.54, 1.807) is 6.07 Å². The molecule has 3 atom stereocenters. The van der Waals surface area contributed by atoms with Gasteiger partial charge in [-0.1, -0.05) is 34.1 Å². The number of carbonyl (C=O) groups is 1. The number of carbonyl (C=O) groups excluding carboxylic acids is 1. The maximum absolute atomic E-state index is 13.5. The van der Waals surface area contributed by atoms with Gasteiger partial charge < -0.3 is 9.30 Å². The first-order valence-electron chi connectivity index (χ1n) is 9.73. The third-order valence-electron chi connectivity index (χ3n) is 5.64. The molecule has 1 aromatic heterocycles. The summed E-state index contributed by atoms with van der Waals surface area (Å²) in [5.41, 5.74) is 1.36. The standard InChI is InChI=1S/C21H29FN2O2/c1-5-20-23-17-11-15(22)7-9-18(17)24(20)12-21(25)26-19-10-14(4)6-8-16(19)13(2)3/h7,9,11,13-14,16,19H,5-6,8,10,12H2,1-4H3/t14-,16+,19-/m1/s1. The maximum Gasteiger partial charge on any atom is 0.326 e. The van der Waals surface area contributed by atoms with Crippen LogP contribution in [0.25, 0.3) is 11.0 Å². The van der Waals surface area contributed by atoms with Gasteiger partial charge in [-0.15, -0.1) is 0 Å². The van der Waals surface area contributed by atoms with E-state index in [-0.39, 0.29) is 24.4 Å². The Labute approximate surface area is 154 Å². The lowest BCUT2D eigenvalue weighted by Crippen LogP contribution is -2.36. The molecule has 1 aliphatic rings. The van der Waals surface area contributed by atoms with E-state index < -0.39 is 0 Å². The highest BCUT2D eigenvalue weighted by atomic mass is 19.1. The summed E-state index contributed by atoms with van der Waals surface area (Å²) in [6.07, 6.45) is 3.92. The molecule has 3 rings (SSSR count). The van der Waals surface area contributed by atoms with Crippen molar-refractivity contribution in [3.8, 4) is 0 Å². The fourth-order valence-electron chi connectivity index (χ4n) is 4.18. The van der Waals surface area contributed by atoms with Gasteiger partial charge in [-0.25, -0.2) is 9.37 Å². The van der Waals surface area contributed by atoms with E-state index >= 15 is 0 Å². The molecule has 26 heavy (non-hydrogen) atoms. The smallest absolute Gasteiger partial charge is 0.326 e. The summed E-state index contributed by atoms with van der Waals surface area (Å²) in [7, 11) is 0. The molecule has 0 bridgehead atoms. The van der Waals surface area contributed by atoms with Crippen LogP contribution in [0.15, 0.2) is 18.2 Å². The summed E-state index contributed by atoms with van der Waals surface area (Å²) < 4.78 is 21.2. The van der Waals surface area contributed by atoms with Gasteiger partial charge in [-0.05, 0) is 42.7 Å². The summed E-state index contributed by atoms with van der Waals surface area (Å²) >= 11 is 0. The zero-order valence-electron chi connectivity index (χ0n) is 16.2. The molecule has 0 radical (unpaired) electrons. The average molecular weight is 360 g/mol. The van der Waals surface area contributed by atoms with Crippen LogP contribution < -0.4 is 0 Å². The number of aryl methyl sites for hydroxylation is 1. The summed E-state index contributed by atoms with van der Waals surface area (Å²) in [6.45, 7) is 8.74. The van der Waals surface area contributed by atoms with Gasteiger partial charge in [0.1, 0.15) is 24.3 Å². The van der Waals surface area contributed by atoms with E-state index in [0.717, 1.165) is 24.2 Å². The van der Waals surface area contributed by atoms with Crippen LogP contribution in [0.4, 0.5) is 4.39 Å². The molecule has 1 saturated carbocycles. The van der Waals surface area contributed by atoms with Crippen LogP contribution in [0.2, 0.25) is 0 Å². The summed E-state index contributed by atoms with van der Waals surface area (Å²) in [4.78, 5) is 17.1. The van der Waals surface area contributed by atoms with Gasteiger partial charge in [0, 0.05) is 12.5 Å². The first-order chi connectivity index (χ1) is 12.4. The number of fused-ring (bicyclic) bond motifs is 1. The highest BCUT2D eigenvalue weighted by Crippen LogP contribution is 2.35. The molecule has 2 aromatic rings. The Kier molecular flexibility index (Phi) is 5.64. The van der Waals surface area contributed by atoms with Crippen LogP contribution in [0.5, 0.6) is 0 Å². The quantitative estimate of drug-likeness (QED) is 0.723. The van der Waals surface area contributed by atoms with E-state index in [1.807, 2.05) is 11.5 Å². The summed E-state index contributed by atoms with van der Waals surface area (Å²) in [5, 5.41) is 0. The number of ether oxygens (including phenoxy) is 1. The lowest BCUT2D eigenvalue weighted by atomic mass is 9.75. The van der Waals surface area contributed by atoms with E-state index in [0.29, 0.717) is 29.7 Å². The fraction of sp³-hybridized carbons (Fsp3) is 0.619. The van der Waals surface area contributed by atoms with Gasteiger partial charge in [0.2, 0.25) is 0 Å². The molecular formula is C21H29FN2O2. The number of aromatic nitrogens is 2. The molecule has 1 aromatic carbocycles. The van der Waals surface area contributed by atoms with Crippen LogP contribution in [0.3, 0.4) is 0 Å². The molecule has 0 unspecified atom stereocenters. The molecule has 0 N–H and O–H groups in total. The summed E-state index contributed by atoms with van der Waals surface area (Å²) in [5.74, 6) is 1.75. The second-order valence-electron chi connectivity index (χ2n) is 7.96. The molecule has 0 aliphatic heterocycles. The number of nitrogens with zero attached hydrogens (tertiary/aromatic N) is 2. The molecule has 1 heterocycles. The minimum atomic E-state index is -0.316. The van der Waals surface area contributed by atoms with Crippen molar-refractivity contribution in [1.82, 2.24) is 9.55 Å². The first kappa shape index (κ1) is 18.9. The van der Waals surface area contributed by atoms with Gasteiger partial charge in [0.25, 0.3) is 0 Å². The van der Waals surface area contributed by atoms with Crippen LogP contribution in [0, 0.1) is 23.6 Å². The number of esters is 1. The van der Waals surface area contributed by atoms with Crippen LogP contribution in [-0.2, 0) is 22.5 Å². The second-order valence-corrected chi connectivity index (χ2v) is 7.96. The van der Waals surface area contributed by atoms with Crippen molar-refractivity contribution in [2.45, 2.75) is 66.0 Å². The Hall–Kier alpha value is -1.91. The maximum atomic E-state index is 13.5. The van der Waals surface area contributed by atoms with Gasteiger partial charge in [0.15, 0.2) is 0 Å². The van der Waals surface area contributed by atoms with Crippen LogP contribution >= 0.6 is 0 Å². The number of hydrogen-bond acceptors (Lipinski definition) is 3. The van der Waals surface area contributed by atoms with Crippen molar-refractivity contribution in [3.63, 3.8) is 0 Å². The van der Waals surface area contributed by atoms with Crippen LogP contribution in [0.1, 0.15) is 52.8 Å². The molecule has 1 fully saturated rings. The highest BCUT2D eigenvalue weighted by molar-refractivity contribution is 5.79. The molecule has 0 saturated heterocycles. The predicted molar refractivity (Wildman–Crippen MR) is 100 cm³/mol. The zero-order valence-corrected chi connectivity index (χ0v) is 16.2. The molecule has 142 valence electrons. The van der Waals surface area contributed by atoms with Crippen molar-refractivity contribution in [2.75, 3.05) is 0 Å². The van der Waals surface area contributed by atoms with E-state index in [2.05, 4.69) is 25.8 Å². The largest absolute Gasteiger partial charge is 0.461 e. The van der Waals surface area contributed by atoms with Crippen molar-refractivity contribution < 1.29 is 13.9 Å². The van der Waals surface area contributed by atoms with Gasteiger partial charge in [-0.2, -0.15) is 0 Å². The average Bonchev–Trinajstić information content (AvgIpc) is 2.91. The molecule has 0 spiro atoms. The number of imidazole rings is 1. The predicted octanol–water partition coefficient (Wildman–Crippen LogP) is 4.74. The van der Waals surface area contributed by atoms with Gasteiger partial charge in [0.05, 0.1) is 11.0 Å². The van der Waals surface area contributed by atoms with E-state index in [1.165, 1.54) is 18.6 Å².